The molecule has 1 aliphatic heterocycles. The van der Waals surface area contributed by atoms with Crippen molar-refractivity contribution in [3.8, 4) is 0 Å². The van der Waals surface area contributed by atoms with Crippen LogP contribution in [0, 0.1) is 11.8 Å². The molecule has 2 atom stereocenters. The minimum atomic E-state index is 0.132. The lowest BCUT2D eigenvalue weighted by Crippen LogP contribution is -2.39. The first-order valence-electron chi connectivity index (χ1n) is 7.81. The maximum absolute atomic E-state index is 4.82. The topological polar surface area (TPSA) is 28.2 Å². The summed E-state index contributed by atoms with van der Waals surface area (Å²) < 4.78 is 0. The van der Waals surface area contributed by atoms with E-state index in [1.807, 2.05) is 0 Å². The molecule has 0 radical (unpaired) electrons. The molecule has 0 spiro atoms. The number of rotatable bonds is 3. The fraction of sp³-hybridized carbons (Fsp3) is 0.706. The molecule has 1 aromatic rings. The van der Waals surface area contributed by atoms with E-state index in [-0.39, 0.29) is 5.54 Å². The van der Waals surface area contributed by atoms with E-state index in [0.29, 0.717) is 0 Å². The number of nitrogens with one attached hydrogen (secondary N) is 1. The molecule has 0 amide bonds. The molecule has 1 aromatic heterocycles. The molecule has 0 bridgehead atoms. The normalized spacial score (nSPS) is 23.9. The third-order valence-corrected chi connectivity index (χ3v) is 4.25. The van der Waals surface area contributed by atoms with Crippen LogP contribution in [0.1, 0.15) is 46.7 Å². The summed E-state index contributed by atoms with van der Waals surface area (Å²) in [4.78, 5) is 7.26. The van der Waals surface area contributed by atoms with Crippen LogP contribution >= 0.6 is 0 Å². The molecule has 1 saturated heterocycles. The van der Waals surface area contributed by atoms with E-state index in [0.717, 1.165) is 43.0 Å². The van der Waals surface area contributed by atoms with Crippen LogP contribution in [0.25, 0.3) is 0 Å². The summed E-state index contributed by atoms with van der Waals surface area (Å²) in [5.41, 5.74) is 1.26. The summed E-state index contributed by atoms with van der Waals surface area (Å²) in [5.74, 6) is 2.72. The number of piperidine rings is 1. The molecule has 1 aliphatic rings. The molecule has 0 saturated carbocycles. The minimum Gasteiger partial charge on any atom is -0.356 e. The molecule has 3 nitrogen and oxygen atoms in total. The average molecular weight is 275 g/mol. The molecule has 2 rings (SSSR count). The van der Waals surface area contributed by atoms with Crippen molar-refractivity contribution in [2.45, 2.75) is 53.1 Å². The van der Waals surface area contributed by atoms with Gasteiger partial charge in [-0.05, 0) is 51.2 Å². The van der Waals surface area contributed by atoms with Crippen LogP contribution in [-0.2, 0) is 6.54 Å². The minimum absolute atomic E-state index is 0.132. The lowest BCUT2D eigenvalue weighted by Gasteiger charge is -2.36. The number of aromatic nitrogens is 1. The molecular formula is C17H29N3. The summed E-state index contributed by atoms with van der Waals surface area (Å²) >= 11 is 0. The molecule has 1 fully saturated rings. The first kappa shape index (κ1) is 15.3. The Kier molecular flexibility index (Phi) is 4.69. The highest BCUT2D eigenvalue weighted by molar-refractivity contribution is 5.40. The maximum atomic E-state index is 4.82. The van der Waals surface area contributed by atoms with Crippen molar-refractivity contribution in [3.05, 3.63) is 23.9 Å². The fourth-order valence-corrected chi connectivity index (χ4v) is 2.57. The molecule has 0 aromatic carbocycles. The molecule has 2 heterocycles. The van der Waals surface area contributed by atoms with Crippen LogP contribution in [0.2, 0.25) is 0 Å². The SMILES string of the molecule is CC1CCN(c2cccc(CNC(C)(C)C)n2)CC1C. The highest BCUT2D eigenvalue weighted by Crippen LogP contribution is 2.25. The smallest absolute Gasteiger partial charge is 0.128 e. The standard InChI is InChI=1S/C17H29N3/c1-13-9-10-20(12-14(13)2)16-8-6-7-15(19-16)11-18-17(3,4)5/h6-8,13-14,18H,9-12H2,1-5H3. The van der Waals surface area contributed by atoms with Crippen LogP contribution in [0.4, 0.5) is 5.82 Å². The summed E-state index contributed by atoms with van der Waals surface area (Å²) in [6, 6.07) is 6.38. The van der Waals surface area contributed by atoms with Crippen molar-refractivity contribution in [2.75, 3.05) is 18.0 Å². The van der Waals surface area contributed by atoms with E-state index in [1.165, 1.54) is 6.42 Å². The van der Waals surface area contributed by atoms with Gasteiger partial charge >= 0.3 is 0 Å². The van der Waals surface area contributed by atoms with E-state index in [2.05, 4.69) is 63.0 Å². The molecular weight excluding hydrogens is 246 g/mol. The Balaban J connectivity index is 2.02. The zero-order valence-corrected chi connectivity index (χ0v) is 13.6. The van der Waals surface area contributed by atoms with E-state index in [9.17, 15) is 0 Å². The third-order valence-electron chi connectivity index (χ3n) is 4.25. The lowest BCUT2D eigenvalue weighted by atomic mass is 9.89. The second kappa shape index (κ2) is 6.13. The van der Waals surface area contributed by atoms with Gasteiger partial charge in [-0.25, -0.2) is 4.98 Å². The van der Waals surface area contributed by atoms with Gasteiger partial charge in [0.2, 0.25) is 0 Å². The predicted octanol–water partition coefficient (Wildman–Crippen LogP) is 3.45. The molecule has 3 heteroatoms. The largest absolute Gasteiger partial charge is 0.356 e. The van der Waals surface area contributed by atoms with Crippen LogP contribution in [0.3, 0.4) is 0 Å². The summed E-state index contributed by atoms with van der Waals surface area (Å²) in [6.45, 7) is 14.4. The quantitative estimate of drug-likeness (QED) is 0.916. The molecule has 112 valence electrons. The van der Waals surface area contributed by atoms with Crippen molar-refractivity contribution in [1.82, 2.24) is 10.3 Å². The zero-order chi connectivity index (χ0) is 14.8. The highest BCUT2D eigenvalue weighted by Gasteiger charge is 2.23. The van der Waals surface area contributed by atoms with Gasteiger partial charge in [-0.15, -0.1) is 0 Å². The summed E-state index contributed by atoms with van der Waals surface area (Å²) in [5, 5.41) is 3.50. The van der Waals surface area contributed by atoms with E-state index < -0.39 is 0 Å². The molecule has 20 heavy (non-hydrogen) atoms. The summed E-state index contributed by atoms with van der Waals surface area (Å²) in [6.07, 6.45) is 1.27. The van der Waals surface area contributed by atoms with Crippen molar-refractivity contribution < 1.29 is 0 Å². The van der Waals surface area contributed by atoms with Gasteiger partial charge < -0.3 is 10.2 Å². The number of pyridine rings is 1. The number of anilines is 1. The lowest BCUT2D eigenvalue weighted by molar-refractivity contribution is 0.322. The van der Waals surface area contributed by atoms with E-state index in [4.69, 9.17) is 4.98 Å². The number of hydrogen-bond acceptors (Lipinski definition) is 3. The monoisotopic (exact) mass is 275 g/mol. The van der Waals surface area contributed by atoms with Crippen molar-refractivity contribution in [2.24, 2.45) is 11.8 Å². The van der Waals surface area contributed by atoms with Crippen LogP contribution in [0.5, 0.6) is 0 Å². The van der Waals surface area contributed by atoms with Gasteiger partial charge in [0.15, 0.2) is 0 Å². The second-order valence-electron chi connectivity index (χ2n) is 7.28. The molecule has 1 N–H and O–H groups in total. The van der Waals surface area contributed by atoms with Crippen molar-refractivity contribution in [3.63, 3.8) is 0 Å². The van der Waals surface area contributed by atoms with Crippen LogP contribution in [-0.4, -0.2) is 23.6 Å². The Morgan fingerprint density at radius 3 is 2.65 bits per heavy atom. The van der Waals surface area contributed by atoms with Crippen LogP contribution in [0.15, 0.2) is 18.2 Å². The number of nitrogens with zero attached hydrogens (tertiary/aromatic N) is 2. The Bertz CT molecular complexity index is 436. The van der Waals surface area contributed by atoms with E-state index >= 15 is 0 Å². The first-order chi connectivity index (χ1) is 9.35. The van der Waals surface area contributed by atoms with Gasteiger partial charge in [0.05, 0.1) is 5.69 Å². The Labute approximate surface area is 123 Å². The Morgan fingerprint density at radius 2 is 2.00 bits per heavy atom. The molecule has 0 aliphatic carbocycles. The van der Waals surface area contributed by atoms with Crippen LogP contribution < -0.4 is 10.2 Å². The van der Waals surface area contributed by atoms with Gasteiger partial charge in [-0.2, -0.15) is 0 Å². The predicted molar refractivity (Wildman–Crippen MR) is 86.0 cm³/mol. The summed E-state index contributed by atoms with van der Waals surface area (Å²) in [7, 11) is 0. The Morgan fingerprint density at radius 1 is 1.25 bits per heavy atom. The first-order valence-corrected chi connectivity index (χ1v) is 7.81. The maximum Gasteiger partial charge on any atom is 0.128 e. The third kappa shape index (κ3) is 4.20. The van der Waals surface area contributed by atoms with E-state index in [1.54, 1.807) is 0 Å². The average Bonchev–Trinajstić information content (AvgIpc) is 2.39. The Hall–Kier alpha value is -1.09. The van der Waals surface area contributed by atoms with Gasteiger partial charge in [-0.1, -0.05) is 19.9 Å². The second-order valence-corrected chi connectivity index (χ2v) is 7.28. The van der Waals surface area contributed by atoms with Crippen molar-refractivity contribution >= 4 is 5.82 Å². The number of hydrogen-bond donors (Lipinski definition) is 1. The fourth-order valence-electron chi connectivity index (χ4n) is 2.57. The van der Waals surface area contributed by atoms with Gasteiger partial charge in [0, 0.05) is 25.2 Å². The van der Waals surface area contributed by atoms with Gasteiger partial charge in [0.25, 0.3) is 0 Å². The van der Waals surface area contributed by atoms with Gasteiger partial charge in [-0.3, -0.25) is 0 Å². The van der Waals surface area contributed by atoms with Gasteiger partial charge in [0.1, 0.15) is 5.82 Å². The zero-order valence-electron chi connectivity index (χ0n) is 13.6. The molecule has 2 unspecified atom stereocenters. The van der Waals surface area contributed by atoms with Crippen molar-refractivity contribution in [1.29, 1.82) is 0 Å². The highest BCUT2D eigenvalue weighted by atomic mass is 15.2.